The highest BCUT2D eigenvalue weighted by Gasteiger charge is 2.21. The van der Waals surface area contributed by atoms with Gasteiger partial charge in [-0.05, 0) is 24.1 Å². The molecule has 0 amide bonds. The third-order valence-corrected chi connectivity index (χ3v) is 3.64. The highest BCUT2D eigenvalue weighted by molar-refractivity contribution is 5.29. The summed E-state index contributed by atoms with van der Waals surface area (Å²) >= 11 is 0. The average molecular weight is 284 g/mol. The van der Waals surface area contributed by atoms with E-state index in [1.807, 2.05) is 12.1 Å². The molecule has 0 aromatic heterocycles. The Bertz CT molecular complexity index is 391. The van der Waals surface area contributed by atoms with Crippen LogP contribution in [0.1, 0.15) is 31.4 Å². The molecule has 1 saturated heterocycles. The standard InChI is InChI=1S/C15H22F2N2O/c1-2-3-14(19-10-8-18-9-11-19)12-4-6-13(7-5-12)20-15(16)17/h4-7,14-15,18H,2-3,8-11H2,1H3/t14-/m0/s1. The molecule has 5 heteroatoms. The quantitative estimate of drug-likeness (QED) is 0.869. The molecule has 3 nitrogen and oxygen atoms in total. The predicted octanol–water partition coefficient (Wildman–Crippen LogP) is 3.03. The fourth-order valence-corrected chi connectivity index (χ4v) is 2.70. The van der Waals surface area contributed by atoms with E-state index >= 15 is 0 Å². The monoisotopic (exact) mass is 284 g/mol. The van der Waals surface area contributed by atoms with Crippen LogP contribution >= 0.6 is 0 Å². The lowest BCUT2D eigenvalue weighted by molar-refractivity contribution is -0.0498. The Morgan fingerprint density at radius 3 is 2.40 bits per heavy atom. The number of nitrogens with one attached hydrogen (secondary N) is 1. The predicted molar refractivity (Wildman–Crippen MR) is 75.2 cm³/mol. The summed E-state index contributed by atoms with van der Waals surface area (Å²) in [4.78, 5) is 2.46. The second-order valence-electron chi connectivity index (χ2n) is 5.04. The Morgan fingerprint density at radius 1 is 1.20 bits per heavy atom. The number of benzene rings is 1. The molecule has 0 radical (unpaired) electrons. The molecule has 1 fully saturated rings. The lowest BCUT2D eigenvalue weighted by Gasteiger charge is -2.35. The first kappa shape index (κ1) is 15.2. The molecule has 1 atom stereocenters. The number of hydrogen-bond acceptors (Lipinski definition) is 3. The largest absolute Gasteiger partial charge is 0.435 e. The van der Waals surface area contributed by atoms with Gasteiger partial charge in [0.25, 0.3) is 0 Å². The van der Waals surface area contributed by atoms with Crippen LogP contribution in [0.5, 0.6) is 5.75 Å². The minimum atomic E-state index is -2.76. The first-order chi connectivity index (χ1) is 9.70. The first-order valence-electron chi connectivity index (χ1n) is 7.20. The number of halogens is 2. The minimum absolute atomic E-state index is 0.222. The number of piperazine rings is 1. The Hall–Kier alpha value is -1.20. The Labute approximate surface area is 118 Å². The molecule has 1 N–H and O–H groups in total. The smallest absolute Gasteiger partial charge is 0.387 e. The Kier molecular flexibility index (Phi) is 5.73. The molecule has 1 aromatic rings. The van der Waals surface area contributed by atoms with E-state index < -0.39 is 6.61 Å². The normalized spacial score (nSPS) is 18.2. The molecule has 1 aromatic carbocycles. The van der Waals surface area contributed by atoms with Gasteiger partial charge in [-0.3, -0.25) is 4.90 Å². The molecule has 0 bridgehead atoms. The van der Waals surface area contributed by atoms with Gasteiger partial charge in [0.2, 0.25) is 0 Å². The lowest BCUT2D eigenvalue weighted by Crippen LogP contribution is -2.45. The number of alkyl halides is 2. The summed E-state index contributed by atoms with van der Waals surface area (Å²) in [7, 11) is 0. The van der Waals surface area contributed by atoms with Crippen molar-refractivity contribution in [3.63, 3.8) is 0 Å². The van der Waals surface area contributed by atoms with Crippen LogP contribution in [0.3, 0.4) is 0 Å². The second-order valence-corrected chi connectivity index (χ2v) is 5.04. The van der Waals surface area contributed by atoms with Crippen LogP contribution in [0.2, 0.25) is 0 Å². The molecule has 112 valence electrons. The highest BCUT2D eigenvalue weighted by Crippen LogP contribution is 2.27. The van der Waals surface area contributed by atoms with Gasteiger partial charge in [0, 0.05) is 32.2 Å². The van der Waals surface area contributed by atoms with Crippen molar-refractivity contribution >= 4 is 0 Å². The van der Waals surface area contributed by atoms with E-state index in [-0.39, 0.29) is 5.75 Å². The van der Waals surface area contributed by atoms with Crippen molar-refractivity contribution in [3.05, 3.63) is 29.8 Å². The maximum absolute atomic E-state index is 12.2. The van der Waals surface area contributed by atoms with E-state index in [0.29, 0.717) is 6.04 Å². The van der Waals surface area contributed by atoms with E-state index in [2.05, 4.69) is 21.9 Å². The molecule has 20 heavy (non-hydrogen) atoms. The zero-order valence-corrected chi connectivity index (χ0v) is 11.8. The van der Waals surface area contributed by atoms with Crippen molar-refractivity contribution < 1.29 is 13.5 Å². The van der Waals surface area contributed by atoms with Crippen molar-refractivity contribution in [3.8, 4) is 5.75 Å². The van der Waals surface area contributed by atoms with E-state index in [9.17, 15) is 8.78 Å². The van der Waals surface area contributed by atoms with Gasteiger partial charge in [-0.2, -0.15) is 8.78 Å². The average Bonchev–Trinajstić information content (AvgIpc) is 2.46. The fourth-order valence-electron chi connectivity index (χ4n) is 2.70. The highest BCUT2D eigenvalue weighted by atomic mass is 19.3. The zero-order valence-electron chi connectivity index (χ0n) is 11.8. The first-order valence-corrected chi connectivity index (χ1v) is 7.20. The number of hydrogen-bond donors (Lipinski definition) is 1. The molecule has 0 spiro atoms. The van der Waals surface area contributed by atoms with Gasteiger partial charge in [0.15, 0.2) is 0 Å². The maximum Gasteiger partial charge on any atom is 0.387 e. The molecule has 0 saturated carbocycles. The van der Waals surface area contributed by atoms with E-state index in [1.54, 1.807) is 12.1 Å². The van der Waals surface area contributed by atoms with Crippen molar-refractivity contribution in [2.75, 3.05) is 26.2 Å². The summed E-state index contributed by atoms with van der Waals surface area (Å²) in [5.41, 5.74) is 1.18. The maximum atomic E-state index is 12.2. The summed E-state index contributed by atoms with van der Waals surface area (Å²) < 4.78 is 28.7. The van der Waals surface area contributed by atoms with Crippen LogP contribution in [0.15, 0.2) is 24.3 Å². The van der Waals surface area contributed by atoms with Gasteiger partial charge < -0.3 is 10.1 Å². The second kappa shape index (κ2) is 7.55. The van der Waals surface area contributed by atoms with Crippen LogP contribution in [0.25, 0.3) is 0 Å². The van der Waals surface area contributed by atoms with E-state index in [1.165, 1.54) is 5.56 Å². The van der Waals surface area contributed by atoms with Crippen LogP contribution in [-0.2, 0) is 0 Å². The Balaban J connectivity index is 2.07. The molecule has 0 unspecified atom stereocenters. The summed E-state index contributed by atoms with van der Waals surface area (Å²) in [5, 5.41) is 3.35. The van der Waals surface area contributed by atoms with Gasteiger partial charge in [-0.1, -0.05) is 25.5 Å². The molecule has 1 aliphatic heterocycles. The van der Waals surface area contributed by atoms with Crippen molar-refractivity contribution in [2.45, 2.75) is 32.4 Å². The van der Waals surface area contributed by atoms with Gasteiger partial charge >= 0.3 is 6.61 Å². The van der Waals surface area contributed by atoms with Crippen LogP contribution in [-0.4, -0.2) is 37.7 Å². The third-order valence-electron chi connectivity index (χ3n) is 3.64. The van der Waals surface area contributed by atoms with Gasteiger partial charge in [0.05, 0.1) is 0 Å². The summed E-state index contributed by atoms with van der Waals surface area (Å²) in [6.45, 7) is 3.48. The summed E-state index contributed by atoms with van der Waals surface area (Å²) in [6.07, 6.45) is 2.18. The summed E-state index contributed by atoms with van der Waals surface area (Å²) in [6, 6.07) is 7.43. The van der Waals surface area contributed by atoms with Crippen LogP contribution in [0.4, 0.5) is 8.78 Å². The number of nitrogens with zero attached hydrogens (tertiary/aromatic N) is 1. The SMILES string of the molecule is CCC[C@@H](c1ccc(OC(F)F)cc1)N1CCNCC1. The molecule has 2 rings (SSSR count). The summed E-state index contributed by atoms with van der Waals surface area (Å²) in [5.74, 6) is 0.222. The van der Waals surface area contributed by atoms with Crippen molar-refractivity contribution in [2.24, 2.45) is 0 Å². The van der Waals surface area contributed by atoms with Crippen LogP contribution < -0.4 is 10.1 Å². The van der Waals surface area contributed by atoms with Gasteiger partial charge in [0.1, 0.15) is 5.75 Å². The topological polar surface area (TPSA) is 24.5 Å². The number of rotatable bonds is 6. The molecule has 1 heterocycles. The molecule has 0 aliphatic carbocycles. The third kappa shape index (κ3) is 4.15. The lowest BCUT2D eigenvalue weighted by atomic mass is 10.00. The Morgan fingerprint density at radius 2 is 1.85 bits per heavy atom. The van der Waals surface area contributed by atoms with Gasteiger partial charge in [-0.25, -0.2) is 0 Å². The van der Waals surface area contributed by atoms with E-state index in [4.69, 9.17) is 0 Å². The van der Waals surface area contributed by atoms with Crippen molar-refractivity contribution in [1.82, 2.24) is 10.2 Å². The van der Waals surface area contributed by atoms with Gasteiger partial charge in [-0.15, -0.1) is 0 Å². The zero-order chi connectivity index (χ0) is 14.4. The fraction of sp³-hybridized carbons (Fsp3) is 0.600. The molecule has 1 aliphatic rings. The minimum Gasteiger partial charge on any atom is -0.435 e. The molecular formula is C15H22F2N2O. The van der Waals surface area contributed by atoms with Crippen molar-refractivity contribution in [1.29, 1.82) is 0 Å². The van der Waals surface area contributed by atoms with Crippen LogP contribution in [0, 0.1) is 0 Å². The number of ether oxygens (including phenoxy) is 1. The van der Waals surface area contributed by atoms with E-state index in [0.717, 1.165) is 39.0 Å². The molecular weight excluding hydrogens is 262 g/mol.